The van der Waals surface area contributed by atoms with Gasteiger partial charge in [0, 0.05) is 11.9 Å². The molecule has 0 aliphatic heterocycles. The van der Waals surface area contributed by atoms with Crippen LogP contribution < -0.4 is 5.73 Å². The van der Waals surface area contributed by atoms with Gasteiger partial charge in [0.05, 0.1) is 0 Å². The summed E-state index contributed by atoms with van der Waals surface area (Å²) in [6, 6.07) is 6.06. The number of hydrogen-bond donors (Lipinski definition) is 1. The average Bonchev–Trinajstić information content (AvgIpc) is 2.19. The molecule has 0 atom stereocenters. The highest BCUT2D eigenvalue weighted by Gasteiger charge is 1.92. The van der Waals surface area contributed by atoms with Crippen molar-refractivity contribution in [3.05, 3.63) is 30.1 Å². The molecule has 0 fully saturated rings. The lowest BCUT2D eigenvalue weighted by Gasteiger charge is -1.99. The molecule has 3 heteroatoms. The highest BCUT2D eigenvalue weighted by Crippen LogP contribution is 2.05. The monoisotopic (exact) mass is 196 g/mol. The van der Waals surface area contributed by atoms with Crippen LogP contribution in [0.5, 0.6) is 0 Å². The van der Waals surface area contributed by atoms with Crippen molar-refractivity contribution in [1.29, 1.82) is 0 Å². The molecule has 0 bridgehead atoms. The van der Waals surface area contributed by atoms with Crippen LogP contribution >= 0.6 is 11.8 Å². The van der Waals surface area contributed by atoms with Gasteiger partial charge < -0.3 is 5.73 Å². The number of rotatable bonds is 6. The van der Waals surface area contributed by atoms with E-state index in [0.29, 0.717) is 0 Å². The molecule has 2 N–H and O–H groups in total. The van der Waals surface area contributed by atoms with Crippen LogP contribution in [0, 0.1) is 0 Å². The minimum atomic E-state index is 0.802. The molecule has 0 saturated carbocycles. The predicted octanol–water partition coefficient (Wildman–Crippen LogP) is 1.71. The molecule has 72 valence electrons. The van der Waals surface area contributed by atoms with Crippen molar-refractivity contribution in [3.8, 4) is 0 Å². The first kappa shape index (κ1) is 10.5. The number of thioether (sulfide) groups is 1. The predicted molar refractivity (Wildman–Crippen MR) is 58.9 cm³/mol. The van der Waals surface area contributed by atoms with Crippen LogP contribution in [0.2, 0.25) is 0 Å². The molecule has 0 unspecified atom stereocenters. The van der Waals surface area contributed by atoms with E-state index in [1.165, 1.54) is 11.4 Å². The van der Waals surface area contributed by atoms with Gasteiger partial charge in [0.1, 0.15) is 0 Å². The first-order chi connectivity index (χ1) is 6.43. The third-order valence-electron chi connectivity index (χ3n) is 1.72. The maximum absolute atomic E-state index is 5.40. The summed E-state index contributed by atoms with van der Waals surface area (Å²) in [5.74, 6) is 2.32. The minimum absolute atomic E-state index is 0.802. The molecule has 0 amide bonds. The van der Waals surface area contributed by atoms with E-state index >= 15 is 0 Å². The summed E-state index contributed by atoms with van der Waals surface area (Å²) in [5, 5.41) is 0. The maximum atomic E-state index is 5.40. The smallest absolute Gasteiger partial charge is 0.0411 e. The fourth-order valence-corrected chi connectivity index (χ4v) is 1.94. The molecular weight excluding hydrogens is 180 g/mol. The Labute approximate surface area is 83.9 Å². The van der Waals surface area contributed by atoms with Crippen molar-refractivity contribution >= 4 is 11.8 Å². The molecule has 0 saturated heterocycles. The van der Waals surface area contributed by atoms with Gasteiger partial charge in [-0.05, 0) is 43.0 Å². The Hall–Kier alpha value is -0.540. The first-order valence-corrected chi connectivity index (χ1v) is 5.76. The molecule has 1 aromatic heterocycles. The number of nitrogens with two attached hydrogens (primary N) is 1. The van der Waals surface area contributed by atoms with Crippen molar-refractivity contribution in [2.45, 2.75) is 12.8 Å². The van der Waals surface area contributed by atoms with Crippen molar-refractivity contribution in [2.24, 2.45) is 5.73 Å². The molecule has 1 heterocycles. The third-order valence-corrected chi connectivity index (χ3v) is 2.79. The van der Waals surface area contributed by atoms with Gasteiger partial charge in [-0.15, -0.1) is 0 Å². The van der Waals surface area contributed by atoms with E-state index in [1.807, 2.05) is 30.1 Å². The van der Waals surface area contributed by atoms with E-state index in [-0.39, 0.29) is 0 Å². The number of aromatic nitrogens is 1. The molecule has 0 spiro atoms. The summed E-state index contributed by atoms with van der Waals surface area (Å²) < 4.78 is 0. The van der Waals surface area contributed by atoms with Crippen LogP contribution in [0.25, 0.3) is 0 Å². The summed E-state index contributed by atoms with van der Waals surface area (Å²) in [5.41, 5.74) is 6.58. The van der Waals surface area contributed by atoms with Crippen LogP contribution in [-0.2, 0) is 6.42 Å². The standard InChI is InChI=1S/C10H16N2S/c11-6-3-8-13-9-5-10-4-1-2-7-12-10/h1-2,4,7H,3,5-6,8-9,11H2. The van der Waals surface area contributed by atoms with Crippen LogP contribution in [0.1, 0.15) is 12.1 Å². The van der Waals surface area contributed by atoms with Gasteiger partial charge in [-0.2, -0.15) is 11.8 Å². The summed E-state index contributed by atoms with van der Waals surface area (Å²) in [7, 11) is 0. The van der Waals surface area contributed by atoms with Gasteiger partial charge >= 0.3 is 0 Å². The summed E-state index contributed by atoms with van der Waals surface area (Å²) in [4.78, 5) is 4.26. The number of nitrogens with zero attached hydrogens (tertiary/aromatic N) is 1. The molecule has 2 nitrogen and oxygen atoms in total. The Morgan fingerprint density at radius 2 is 2.23 bits per heavy atom. The van der Waals surface area contributed by atoms with Crippen LogP contribution in [-0.4, -0.2) is 23.0 Å². The first-order valence-electron chi connectivity index (χ1n) is 4.61. The SMILES string of the molecule is NCCCSCCc1ccccn1. The third kappa shape index (κ3) is 4.90. The number of pyridine rings is 1. The second kappa shape index (κ2) is 6.92. The average molecular weight is 196 g/mol. The Kier molecular flexibility index (Phi) is 5.61. The van der Waals surface area contributed by atoms with Gasteiger partial charge in [0.15, 0.2) is 0 Å². The van der Waals surface area contributed by atoms with E-state index in [0.717, 1.165) is 25.1 Å². The lowest BCUT2D eigenvalue weighted by molar-refractivity contribution is 0.941. The van der Waals surface area contributed by atoms with Crippen LogP contribution in [0.3, 0.4) is 0 Å². The fourth-order valence-electron chi connectivity index (χ4n) is 1.01. The van der Waals surface area contributed by atoms with Crippen molar-refractivity contribution in [2.75, 3.05) is 18.1 Å². The van der Waals surface area contributed by atoms with E-state index in [4.69, 9.17) is 5.73 Å². The van der Waals surface area contributed by atoms with Crippen LogP contribution in [0.4, 0.5) is 0 Å². The molecule has 0 aliphatic rings. The van der Waals surface area contributed by atoms with E-state index in [2.05, 4.69) is 11.1 Å². The normalized spacial score (nSPS) is 10.2. The highest BCUT2D eigenvalue weighted by molar-refractivity contribution is 7.99. The molecule has 0 aliphatic carbocycles. The zero-order valence-electron chi connectivity index (χ0n) is 7.78. The highest BCUT2D eigenvalue weighted by atomic mass is 32.2. The Morgan fingerprint density at radius 3 is 2.92 bits per heavy atom. The summed E-state index contributed by atoms with van der Waals surface area (Å²) in [6.07, 6.45) is 4.03. The number of hydrogen-bond acceptors (Lipinski definition) is 3. The molecule has 1 rings (SSSR count). The number of aryl methyl sites for hydroxylation is 1. The van der Waals surface area contributed by atoms with Crippen LogP contribution in [0.15, 0.2) is 24.4 Å². The van der Waals surface area contributed by atoms with E-state index < -0.39 is 0 Å². The molecular formula is C10H16N2S. The van der Waals surface area contributed by atoms with Gasteiger partial charge in [-0.3, -0.25) is 4.98 Å². The van der Waals surface area contributed by atoms with Gasteiger partial charge in [0.2, 0.25) is 0 Å². The topological polar surface area (TPSA) is 38.9 Å². The van der Waals surface area contributed by atoms with Crippen molar-refractivity contribution in [3.63, 3.8) is 0 Å². The van der Waals surface area contributed by atoms with Crippen molar-refractivity contribution < 1.29 is 0 Å². The lowest BCUT2D eigenvalue weighted by Crippen LogP contribution is -2.00. The van der Waals surface area contributed by atoms with Gasteiger partial charge in [-0.1, -0.05) is 6.07 Å². The second-order valence-corrected chi connectivity index (χ2v) is 4.05. The maximum Gasteiger partial charge on any atom is 0.0411 e. The Balaban J connectivity index is 2.07. The van der Waals surface area contributed by atoms with Gasteiger partial charge in [-0.25, -0.2) is 0 Å². The summed E-state index contributed by atoms with van der Waals surface area (Å²) in [6.45, 7) is 0.802. The molecule has 13 heavy (non-hydrogen) atoms. The van der Waals surface area contributed by atoms with E-state index in [1.54, 1.807) is 0 Å². The lowest BCUT2D eigenvalue weighted by atomic mass is 10.3. The summed E-state index contributed by atoms with van der Waals surface area (Å²) >= 11 is 1.95. The molecule has 1 aromatic rings. The zero-order valence-corrected chi connectivity index (χ0v) is 8.59. The van der Waals surface area contributed by atoms with E-state index in [9.17, 15) is 0 Å². The largest absolute Gasteiger partial charge is 0.330 e. The Morgan fingerprint density at radius 1 is 1.31 bits per heavy atom. The quantitative estimate of drug-likeness (QED) is 0.704. The molecule has 0 radical (unpaired) electrons. The van der Waals surface area contributed by atoms with Crippen molar-refractivity contribution in [1.82, 2.24) is 4.98 Å². The Bertz CT molecular complexity index is 213. The molecule has 0 aromatic carbocycles. The zero-order chi connectivity index (χ0) is 9.36. The van der Waals surface area contributed by atoms with Gasteiger partial charge in [0.25, 0.3) is 0 Å². The minimum Gasteiger partial charge on any atom is -0.330 e. The second-order valence-electron chi connectivity index (χ2n) is 2.83. The fraction of sp³-hybridized carbons (Fsp3) is 0.500.